The lowest BCUT2D eigenvalue weighted by Gasteiger charge is -2.17. The monoisotopic (exact) mass is 266 g/mol. The Balaban J connectivity index is 1.75. The molecule has 2 fully saturated rings. The van der Waals surface area contributed by atoms with Gasteiger partial charge < -0.3 is 9.47 Å². The standard InChI is InChI=1S/C16H26O3/c1-4-5-6-7-8-9-10-13-14-11(2)16(17)19-15(14)12(3)18-13/h11,13-15H,3-10H2,1-2H3/t11-,13+,14+,15-/m0/s1. The lowest BCUT2D eigenvalue weighted by molar-refractivity contribution is -0.144. The Labute approximate surface area is 116 Å². The highest BCUT2D eigenvalue weighted by Crippen LogP contribution is 2.43. The number of esters is 1. The van der Waals surface area contributed by atoms with Gasteiger partial charge in [-0.25, -0.2) is 0 Å². The number of hydrogen-bond donors (Lipinski definition) is 0. The molecule has 0 aromatic rings. The van der Waals surface area contributed by atoms with Crippen molar-refractivity contribution in [2.24, 2.45) is 11.8 Å². The molecule has 108 valence electrons. The molecule has 2 aliphatic rings. The van der Waals surface area contributed by atoms with Crippen LogP contribution in [-0.4, -0.2) is 18.2 Å². The van der Waals surface area contributed by atoms with Crippen molar-refractivity contribution in [3.05, 3.63) is 12.3 Å². The van der Waals surface area contributed by atoms with Gasteiger partial charge in [0, 0.05) is 0 Å². The van der Waals surface area contributed by atoms with E-state index in [2.05, 4.69) is 13.5 Å². The molecule has 2 aliphatic heterocycles. The first kappa shape index (κ1) is 14.4. The Morgan fingerprint density at radius 1 is 1.11 bits per heavy atom. The summed E-state index contributed by atoms with van der Waals surface area (Å²) in [5.74, 6) is 0.705. The lowest BCUT2D eigenvalue weighted by atomic mass is 9.86. The van der Waals surface area contributed by atoms with E-state index in [1.54, 1.807) is 0 Å². The van der Waals surface area contributed by atoms with Crippen LogP contribution in [0.1, 0.15) is 58.8 Å². The van der Waals surface area contributed by atoms with Crippen molar-refractivity contribution < 1.29 is 14.3 Å². The normalized spacial score (nSPS) is 33.2. The maximum absolute atomic E-state index is 11.6. The minimum absolute atomic E-state index is 0.0469. The molecular formula is C16H26O3. The van der Waals surface area contributed by atoms with Crippen LogP contribution in [0.4, 0.5) is 0 Å². The summed E-state index contributed by atoms with van der Waals surface area (Å²) in [7, 11) is 0. The number of carbonyl (C=O) groups excluding carboxylic acids is 1. The van der Waals surface area contributed by atoms with Gasteiger partial charge in [0.2, 0.25) is 0 Å². The fraction of sp³-hybridized carbons (Fsp3) is 0.812. The number of unbranched alkanes of at least 4 members (excludes halogenated alkanes) is 5. The van der Waals surface area contributed by atoms with Crippen LogP contribution in [0.2, 0.25) is 0 Å². The first-order chi connectivity index (χ1) is 9.15. The van der Waals surface area contributed by atoms with Crippen molar-refractivity contribution in [2.75, 3.05) is 0 Å². The van der Waals surface area contributed by atoms with Gasteiger partial charge in [-0.2, -0.15) is 0 Å². The molecule has 0 amide bonds. The Hall–Kier alpha value is -0.990. The van der Waals surface area contributed by atoms with Crippen LogP contribution in [0.15, 0.2) is 12.3 Å². The van der Waals surface area contributed by atoms with Gasteiger partial charge in [0.1, 0.15) is 11.9 Å². The second-order valence-electron chi connectivity index (χ2n) is 5.90. The summed E-state index contributed by atoms with van der Waals surface area (Å²) in [6, 6.07) is 0. The number of carbonyl (C=O) groups is 1. The summed E-state index contributed by atoms with van der Waals surface area (Å²) < 4.78 is 11.1. The van der Waals surface area contributed by atoms with E-state index in [4.69, 9.17) is 9.47 Å². The summed E-state index contributed by atoms with van der Waals surface area (Å²) in [4.78, 5) is 11.6. The topological polar surface area (TPSA) is 35.5 Å². The van der Waals surface area contributed by atoms with E-state index in [0.29, 0.717) is 5.76 Å². The molecule has 0 saturated carbocycles. The van der Waals surface area contributed by atoms with Crippen molar-refractivity contribution in [1.82, 2.24) is 0 Å². The molecule has 3 nitrogen and oxygen atoms in total. The molecule has 0 radical (unpaired) electrons. The van der Waals surface area contributed by atoms with Gasteiger partial charge in [-0.05, 0) is 12.8 Å². The lowest BCUT2D eigenvalue weighted by Crippen LogP contribution is -2.25. The average molecular weight is 266 g/mol. The Morgan fingerprint density at radius 3 is 2.53 bits per heavy atom. The first-order valence-corrected chi connectivity index (χ1v) is 7.71. The van der Waals surface area contributed by atoms with E-state index in [0.717, 1.165) is 6.42 Å². The van der Waals surface area contributed by atoms with Crippen molar-refractivity contribution in [3.8, 4) is 0 Å². The molecule has 0 aromatic carbocycles. The summed E-state index contributed by atoms with van der Waals surface area (Å²) in [5.41, 5.74) is 0. The van der Waals surface area contributed by atoms with E-state index < -0.39 is 0 Å². The number of hydrogen-bond acceptors (Lipinski definition) is 3. The van der Waals surface area contributed by atoms with Crippen LogP contribution in [0.3, 0.4) is 0 Å². The molecule has 2 rings (SSSR count). The zero-order valence-corrected chi connectivity index (χ0v) is 12.2. The van der Waals surface area contributed by atoms with E-state index in [1.807, 2.05) is 6.92 Å². The van der Waals surface area contributed by atoms with E-state index in [-0.39, 0.29) is 30.0 Å². The molecule has 0 aromatic heterocycles. The molecule has 0 aliphatic carbocycles. The van der Waals surface area contributed by atoms with Crippen molar-refractivity contribution in [3.63, 3.8) is 0 Å². The highest BCUT2D eigenvalue weighted by atomic mass is 16.6. The third kappa shape index (κ3) is 3.13. The van der Waals surface area contributed by atoms with Gasteiger partial charge in [-0.1, -0.05) is 52.5 Å². The second-order valence-corrected chi connectivity index (χ2v) is 5.90. The van der Waals surface area contributed by atoms with Crippen molar-refractivity contribution in [2.45, 2.75) is 71.0 Å². The van der Waals surface area contributed by atoms with Gasteiger partial charge in [-0.15, -0.1) is 0 Å². The molecule has 2 heterocycles. The van der Waals surface area contributed by atoms with E-state index >= 15 is 0 Å². The molecule has 2 saturated heterocycles. The minimum Gasteiger partial charge on any atom is -0.491 e. The van der Waals surface area contributed by atoms with Gasteiger partial charge in [0.05, 0.1) is 11.8 Å². The van der Waals surface area contributed by atoms with Crippen LogP contribution in [-0.2, 0) is 14.3 Å². The van der Waals surface area contributed by atoms with Crippen LogP contribution >= 0.6 is 0 Å². The summed E-state index contributed by atoms with van der Waals surface area (Å²) in [6.45, 7) is 8.07. The van der Waals surface area contributed by atoms with Crippen LogP contribution in [0, 0.1) is 11.8 Å². The Morgan fingerprint density at radius 2 is 1.79 bits per heavy atom. The van der Waals surface area contributed by atoms with Gasteiger partial charge in [0.25, 0.3) is 0 Å². The van der Waals surface area contributed by atoms with Crippen molar-refractivity contribution in [1.29, 1.82) is 0 Å². The second kappa shape index (κ2) is 6.44. The average Bonchev–Trinajstić information content (AvgIpc) is 2.84. The summed E-state index contributed by atoms with van der Waals surface area (Å²) in [6.07, 6.45) is 8.65. The van der Waals surface area contributed by atoms with Gasteiger partial charge >= 0.3 is 5.97 Å². The fourth-order valence-corrected chi connectivity index (χ4v) is 3.24. The van der Waals surface area contributed by atoms with Crippen LogP contribution in [0.5, 0.6) is 0 Å². The number of rotatable bonds is 7. The van der Waals surface area contributed by atoms with Gasteiger partial charge in [-0.3, -0.25) is 4.79 Å². The predicted octanol–water partition coefficient (Wildman–Crippen LogP) is 3.83. The molecule has 19 heavy (non-hydrogen) atoms. The maximum atomic E-state index is 11.6. The smallest absolute Gasteiger partial charge is 0.309 e. The third-order valence-corrected chi connectivity index (χ3v) is 4.43. The highest BCUT2D eigenvalue weighted by Gasteiger charge is 2.53. The van der Waals surface area contributed by atoms with Gasteiger partial charge in [0.15, 0.2) is 6.10 Å². The summed E-state index contributed by atoms with van der Waals surface area (Å²) >= 11 is 0. The minimum atomic E-state index is -0.187. The SMILES string of the molecule is C=C1O[C@H](CCCCCCCC)[C@H]2[C@H](C)C(=O)O[C@@H]12. The fourth-order valence-electron chi connectivity index (χ4n) is 3.24. The molecule has 0 unspecified atom stereocenters. The Kier molecular flexibility index (Phi) is 4.89. The van der Waals surface area contributed by atoms with Crippen LogP contribution < -0.4 is 0 Å². The quantitative estimate of drug-likeness (QED) is 0.519. The van der Waals surface area contributed by atoms with E-state index in [1.165, 1.54) is 38.5 Å². The first-order valence-electron chi connectivity index (χ1n) is 7.71. The number of fused-ring (bicyclic) bond motifs is 1. The van der Waals surface area contributed by atoms with E-state index in [9.17, 15) is 4.79 Å². The molecule has 0 spiro atoms. The summed E-state index contributed by atoms with van der Waals surface area (Å²) in [5, 5.41) is 0. The highest BCUT2D eigenvalue weighted by molar-refractivity contribution is 5.75. The zero-order chi connectivity index (χ0) is 13.8. The number of ether oxygens (including phenoxy) is 2. The molecular weight excluding hydrogens is 240 g/mol. The maximum Gasteiger partial charge on any atom is 0.309 e. The molecule has 3 heteroatoms. The molecule has 0 bridgehead atoms. The molecule has 0 N–H and O–H groups in total. The predicted molar refractivity (Wildman–Crippen MR) is 74.5 cm³/mol. The zero-order valence-electron chi connectivity index (χ0n) is 12.2. The third-order valence-electron chi connectivity index (χ3n) is 4.43. The molecule has 4 atom stereocenters. The largest absolute Gasteiger partial charge is 0.491 e. The van der Waals surface area contributed by atoms with Crippen molar-refractivity contribution >= 4 is 5.97 Å². The van der Waals surface area contributed by atoms with Crippen LogP contribution in [0.25, 0.3) is 0 Å². The Bertz CT molecular complexity index is 337.